The van der Waals surface area contributed by atoms with E-state index in [1.807, 2.05) is 13.8 Å². The monoisotopic (exact) mass is 497 g/mol. The van der Waals surface area contributed by atoms with E-state index in [0.717, 1.165) is 6.42 Å². The largest absolute Gasteiger partial charge is 0.497 e. The summed E-state index contributed by atoms with van der Waals surface area (Å²) in [5, 5.41) is 2.97. The number of nitrogens with one attached hydrogen (secondary N) is 1. The maximum atomic E-state index is 13.8. The number of benzene rings is 2. The Morgan fingerprint density at radius 3 is 2.42 bits per heavy atom. The lowest BCUT2D eigenvalue weighted by atomic mass is 9.96. The van der Waals surface area contributed by atoms with Crippen LogP contribution in [0.3, 0.4) is 0 Å². The van der Waals surface area contributed by atoms with Crippen LogP contribution in [0.4, 0.5) is 4.39 Å². The fraction of sp³-hybridized carbons (Fsp3) is 0.444. The van der Waals surface area contributed by atoms with Gasteiger partial charge in [-0.15, -0.1) is 0 Å². The number of halogens is 1. The van der Waals surface area contributed by atoms with Gasteiger partial charge >= 0.3 is 0 Å². The summed E-state index contributed by atoms with van der Waals surface area (Å²) in [6.07, 6.45) is 1.42. The molecule has 2 heterocycles. The predicted octanol–water partition coefficient (Wildman–Crippen LogP) is 3.22. The van der Waals surface area contributed by atoms with Gasteiger partial charge in [-0.25, -0.2) is 4.39 Å². The number of rotatable bonds is 6. The molecule has 0 aromatic heterocycles. The maximum absolute atomic E-state index is 13.8. The van der Waals surface area contributed by atoms with E-state index in [4.69, 9.17) is 9.47 Å². The molecule has 2 fully saturated rings. The number of piperidine rings is 1. The van der Waals surface area contributed by atoms with E-state index in [1.165, 1.54) is 25.3 Å². The van der Waals surface area contributed by atoms with E-state index in [2.05, 4.69) is 5.32 Å². The van der Waals surface area contributed by atoms with Crippen LogP contribution in [0.25, 0.3) is 0 Å². The lowest BCUT2D eigenvalue weighted by Crippen LogP contribution is -2.60. The number of methoxy groups -OCH3 is 1. The Morgan fingerprint density at radius 2 is 1.78 bits per heavy atom. The van der Waals surface area contributed by atoms with E-state index in [0.29, 0.717) is 37.2 Å². The van der Waals surface area contributed by atoms with E-state index in [-0.39, 0.29) is 35.9 Å². The average Bonchev–Trinajstić information content (AvgIpc) is 3.26. The molecule has 2 unspecified atom stereocenters. The van der Waals surface area contributed by atoms with Gasteiger partial charge < -0.3 is 19.7 Å². The quantitative estimate of drug-likeness (QED) is 0.662. The first kappa shape index (κ1) is 25.6. The van der Waals surface area contributed by atoms with Crippen molar-refractivity contribution in [2.24, 2.45) is 0 Å². The first-order valence-corrected chi connectivity index (χ1v) is 12.2. The van der Waals surface area contributed by atoms with Crippen LogP contribution in [0.2, 0.25) is 0 Å². The summed E-state index contributed by atoms with van der Waals surface area (Å²) in [6.45, 7) is 4.56. The van der Waals surface area contributed by atoms with Crippen LogP contribution in [0.5, 0.6) is 5.75 Å². The summed E-state index contributed by atoms with van der Waals surface area (Å²) in [4.78, 5) is 43.1. The van der Waals surface area contributed by atoms with Crippen molar-refractivity contribution in [3.8, 4) is 5.75 Å². The van der Waals surface area contributed by atoms with Crippen LogP contribution < -0.4 is 10.1 Å². The maximum Gasteiger partial charge on any atom is 0.257 e. The normalized spacial score (nSPS) is 19.7. The molecule has 0 radical (unpaired) electrons. The molecule has 8 nitrogen and oxygen atoms in total. The van der Waals surface area contributed by atoms with E-state index in [1.54, 1.807) is 40.1 Å². The molecular formula is C27H32FN3O5. The van der Waals surface area contributed by atoms with Gasteiger partial charge in [0.1, 0.15) is 23.3 Å². The zero-order valence-corrected chi connectivity index (χ0v) is 20.8. The highest BCUT2D eigenvalue weighted by Crippen LogP contribution is 2.39. The van der Waals surface area contributed by atoms with Crippen molar-refractivity contribution in [2.45, 2.75) is 50.9 Å². The molecule has 2 aliphatic rings. The molecule has 0 bridgehead atoms. The van der Waals surface area contributed by atoms with Gasteiger partial charge in [0.25, 0.3) is 11.8 Å². The topological polar surface area (TPSA) is 88.2 Å². The number of carbonyl (C=O) groups is 3. The highest BCUT2D eigenvalue weighted by molar-refractivity contribution is 5.99. The molecule has 0 saturated carbocycles. The smallest absolute Gasteiger partial charge is 0.257 e. The highest BCUT2D eigenvalue weighted by Gasteiger charge is 2.54. The molecule has 4 rings (SSSR count). The van der Waals surface area contributed by atoms with Crippen LogP contribution in [0.15, 0.2) is 48.5 Å². The molecule has 1 N–H and O–H groups in total. The van der Waals surface area contributed by atoms with E-state index >= 15 is 0 Å². The number of ether oxygens (including phenoxy) is 2. The molecule has 2 atom stereocenters. The Kier molecular flexibility index (Phi) is 7.59. The molecule has 9 heteroatoms. The van der Waals surface area contributed by atoms with E-state index in [9.17, 15) is 18.8 Å². The Balaban J connectivity index is 1.59. The minimum Gasteiger partial charge on any atom is -0.497 e. The van der Waals surface area contributed by atoms with Crippen molar-refractivity contribution in [1.82, 2.24) is 15.1 Å². The Morgan fingerprint density at radius 1 is 1.11 bits per heavy atom. The Bertz CT molecular complexity index is 1130. The average molecular weight is 498 g/mol. The third-order valence-corrected chi connectivity index (χ3v) is 7.00. The van der Waals surface area contributed by atoms with Crippen LogP contribution in [-0.2, 0) is 9.53 Å². The molecule has 3 amide bonds. The third kappa shape index (κ3) is 5.06. The summed E-state index contributed by atoms with van der Waals surface area (Å²) in [5.41, 5.74) is -0.372. The lowest BCUT2D eigenvalue weighted by Gasteiger charge is -2.44. The Hall–Kier alpha value is -3.46. The second-order valence-corrected chi connectivity index (χ2v) is 9.30. The number of likely N-dealkylation sites (tertiary alicyclic amines) is 1. The first-order chi connectivity index (χ1) is 17.3. The second-order valence-electron chi connectivity index (χ2n) is 9.30. The SMILES string of the molecule is CCC(C)NC(=O)C1COC2(CCN(C(=O)c3cccc(F)c3)CC2)N1C(=O)c1cccc(OC)c1. The second kappa shape index (κ2) is 10.7. The first-order valence-electron chi connectivity index (χ1n) is 12.2. The molecule has 192 valence electrons. The number of hydrogen-bond acceptors (Lipinski definition) is 5. The number of carbonyl (C=O) groups excluding carboxylic acids is 3. The van der Waals surface area contributed by atoms with E-state index < -0.39 is 17.6 Å². The summed E-state index contributed by atoms with van der Waals surface area (Å²) in [5.74, 6) is -0.819. The van der Waals surface area contributed by atoms with Crippen molar-refractivity contribution in [1.29, 1.82) is 0 Å². The molecule has 2 saturated heterocycles. The molecular weight excluding hydrogens is 465 g/mol. The van der Waals surface area contributed by atoms with Gasteiger partial charge in [0.05, 0.1) is 13.7 Å². The lowest BCUT2D eigenvalue weighted by molar-refractivity contribution is -0.128. The fourth-order valence-corrected chi connectivity index (χ4v) is 4.77. The molecule has 1 spiro atoms. The van der Waals surface area contributed by atoms with Gasteiger partial charge in [-0.3, -0.25) is 19.3 Å². The minimum atomic E-state index is -1.03. The van der Waals surface area contributed by atoms with Gasteiger partial charge in [-0.1, -0.05) is 19.1 Å². The molecule has 36 heavy (non-hydrogen) atoms. The van der Waals surface area contributed by atoms with Crippen LogP contribution in [0.1, 0.15) is 53.8 Å². The minimum absolute atomic E-state index is 0.0476. The van der Waals surface area contributed by atoms with Crippen molar-refractivity contribution in [3.05, 3.63) is 65.5 Å². The highest BCUT2D eigenvalue weighted by atomic mass is 19.1. The molecule has 0 aliphatic carbocycles. The summed E-state index contributed by atoms with van der Waals surface area (Å²) >= 11 is 0. The fourth-order valence-electron chi connectivity index (χ4n) is 4.77. The molecule has 2 aromatic carbocycles. The summed E-state index contributed by atoms with van der Waals surface area (Å²) in [7, 11) is 1.53. The molecule has 2 aromatic rings. The van der Waals surface area contributed by atoms with Crippen LogP contribution in [-0.4, -0.2) is 72.1 Å². The standard InChI is InChI=1S/C27H32FN3O5/c1-4-18(2)29-24(32)23-17-36-27(31(23)26(34)20-8-6-10-22(16-20)35-3)11-13-30(14-12-27)25(33)19-7-5-9-21(28)15-19/h5-10,15-16,18,23H,4,11-14,17H2,1-3H3,(H,29,32). The number of nitrogens with zero attached hydrogens (tertiary/aromatic N) is 2. The van der Waals surface area contributed by atoms with Crippen molar-refractivity contribution in [2.75, 3.05) is 26.8 Å². The zero-order chi connectivity index (χ0) is 25.9. The van der Waals surface area contributed by atoms with Gasteiger partial charge in [-0.05, 0) is 49.7 Å². The summed E-state index contributed by atoms with van der Waals surface area (Å²) in [6, 6.07) is 11.5. The predicted molar refractivity (Wildman–Crippen MR) is 131 cm³/mol. The zero-order valence-electron chi connectivity index (χ0n) is 20.8. The van der Waals surface area contributed by atoms with Crippen LogP contribution in [0, 0.1) is 5.82 Å². The number of hydrogen-bond donors (Lipinski definition) is 1. The molecule has 2 aliphatic heterocycles. The third-order valence-electron chi connectivity index (χ3n) is 7.00. The van der Waals surface area contributed by atoms with Gasteiger partial charge in [0.2, 0.25) is 5.91 Å². The van der Waals surface area contributed by atoms with Gasteiger partial charge in [-0.2, -0.15) is 0 Å². The van der Waals surface area contributed by atoms with Crippen molar-refractivity contribution in [3.63, 3.8) is 0 Å². The van der Waals surface area contributed by atoms with Crippen molar-refractivity contribution < 1.29 is 28.2 Å². The summed E-state index contributed by atoms with van der Waals surface area (Å²) < 4.78 is 25.1. The van der Waals surface area contributed by atoms with Gasteiger partial charge in [0.15, 0.2) is 0 Å². The van der Waals surface area contributed by atoms with Crippen LogP contribution >= 0.6 is 0 Å². The van der Waals surface area contributed by atoms with Crippen molar-refractivity contribution >= 4 is 17.7 Å². The Labute approximate surface area is 210 Å². The number of amides is 3. The van der Waals surface area contributed by atoms with Gasteiger partial charge in [0, 0.05) is 43.1 Å².